The van der Waals surface area contributed by atoms with Crippen LogP contribution in [0, 0.1) is 18.3 Å². The molecule has 1 aromatic carbocycles. The third kappa shape index (κ3) is 2.53. The monoisotopic (exact) mass is 258 g/mol. The van der Waals surface area contributed by atoms with E-state index in [4.69, 9.17) is 22.6 Å². The molecule has 1 aromatic heterocycles. The van der Waals surface area contributed by atoms with Crippen LogP contribution in [0.3, 0.4) is 0 Å². The summed E-state index contributed by atoms with van der Waals surface area (Å²) in [6.45, 7) is 1.96. The Kier molecular flexibility index (Phi) is 3.35. The predicted octanol–water partition coefficient (Wildman–Crippen LogP) is 3.24. The van der Waals surface area contributed by atoms with Crippen LogP contribution in [0.15, 0.2) is 30.5 Å². The lowest BCUT2D eigenvalue weighted by Gasteiger charge is -2.10. The highest BCUT2D eigenvalue weighted by atomic mass is 35.5. The van der Waals surface area contributed by atoms with Crippen LogP contribution in [0.1, 0.15) is 11.1 Å². The molecule has 2 rings (SSSR count). The van der Waals surface area contributed by atoms with Crippen LogP contribution in [-0.2, 0) is 0 Å². The molecule has 0 fully saturated rings. The standard InChI is InChI=1S/C13H11ClN4/c1-8-2-3-12(10(14)4-8)18-13-11(16)5-9(6-15)7-17-13/h2-5,7H,16H2,1H3,(H,17,18). The Labute approximate surface area is 110 Å². The van der Waals surface area contributed by atoms with Crippen molar-refractivity contribution in [3.05, 3.63) is 46.6 Å². The Morgan fingerprint density at radius 2 is 2.17 bits per heavy atom. The number of halogens is 1. The highest BCUT2D eigenvalue weighted by Gasteiger charge is 2.05. The van der Waals surface area contributed by atoms with E-state index in [1.807, 2.05) is 31.2 Å². The summed E-state index contributed by atoms with van der Waals surface area (Å²) in [5, 5.41) is 12.4. The molecular weight excluding hydrogens is 248 g/mol. The highest BCUT2D eigenvalue weighted by molar-refractivity contribution is 6.33. The van der Waals surface area contributed by atoms with E-state index in [1.165, 1.54) is 6.20 Å². The second-order valence-corrected chi connectivity index (χ2v) is 4.29. The second-order valence-electron chi connectivity index (χ2n) is 3.88. The summed E-state index contributed by atoms with van der Waals surface area (Å²) in [6.07, 6.45) is 1.46. The number of hydrogen-bond donors (Lipinski definition) is 2. The van der Waals surface area contributed by atoms with E-state index in [0.29, 0.717) is 22.1 Å². The van der Waals surface area contributed by atoms with Gasteiger partial charge in [-0.15, -0.1) is 0 Å². The minimum absolute atomic E-state index is 0.408. The number of nitrogens with two attached hydrogens (primary N) is 1. The number of nitrogens with zero attached hydrogens (tertiary/aromatic N) is 2. The average Bonchev–Trinajstić information content (AvgIpc) is 2.34. The van der Waals surface area contributed by atoms with E-state index in [0.717, 1.165) is 11.3 Å². The topological polar surface area (TPSA) is 74.7 Å². The molecule has 0 spiro atoms. The van der Waals surface area contributed by atoms with Crippen molar-refractivity contribution in [2.45, 2.75) is 6.92 Å². The molecule has 2 aromatic rings. The van der Waals surface area contributed by atoms with Crippen molar-refractivity contribution in [1.29, 1.82) is 5.26 Å². The van der Waals surface area contributed by atoms with E-state index in [1.54, 1.807) is 6.07 Å². The van der Waals surface area contributed by atoms with Gasteiger partial charge in [0.05, 0.1) is 22.0 Å². The lowest BCUT2D eigenvalue weighted by atomic mass is 10.2. The van der Waals surface area contributed by atoms with Gasteiger partial charge < -0.3 is 11.1 Å². The number of nitrogen functional groups attached to an aromatic ring is 1. The van der Waals surface area contributed by atoms with Gasteiger partial charge in [-0.25, -0.2) is 4.98 Å². The van der Waals surface area contributed by atoms with E-state index in [2.05, 4.69) is 10.3 Å². The van der Waals surface area contributed by atoms with Gasteiger partial charge in [0.2, 0.25) is 0 Å². The third-order valence-electron chi connectivity index (χ3n) is 2.42. The van der Waals surface area contributed by atoms with Gasteiger partial charge in [-0.1, -0.05) is 17.7 Å². The molecule has 0 amide bonds. The van der Waals surface area contributed by atoms with Gasteiger partial charge in [-0.2, -0.15) is 5.26 Å². The first-order chi connectivity index (χ1) is 8.60. The van der Waals surface area contributed by atoms with Crippen LogP contribution in [-0.4, -0.2) is 4.98 Å². The van der Waals surface area contributed by atoms with Crippen molar-refractivity contribution in [3.63, 3.8) is 0 Å². The summed E-state index contributed by atoms with van der Waals surface area (Å²) in [5.74, 6) is 0.486. The molecule has 0 aliphatic carbocycles. The number of aryl methyl sites for hydroxylation is 1. The normalized spacial score (nSPS) is 9.83. The van der Waals surface area contributed by atoms with Gasteiger partial charge in [0, 0.05) is 6.20 Å². The van der Waals surface area contributed by atoms with Crippen LogP contribution in [0.2, 0.25) is 5.02 Å². The van der Waals surface area contributed by atoms with Gasteiger partial charge >= 0.3 is 0 Å². The van der Waals surface area contributed by atoms with Crippen LogP contribution in [0.5, 0.6) is 0 Å². The minimum atomic E-state index is 0.408. The maximum Gasteiger partial charge on any atom is 0.153 e. The van der Waals surface area contributed by atoms with E-state index >= 15 is 0 Å². The first kappa shape index (κ1) is 12.2. The molecule has 90 valence electrons. The summed E-state index contributed by atoms with van der Waals surface area (Å²) >= 11 is 6.11. The van der Waals surface area contributed by atoms with Gasteiger partial charge in [0.1, 0.15) is 6.07 Å². The number of aromatic nitrogens is 1. The Morgan fingerprint density at radius 1 is 1.39 bits per heavy atom. The second kappa shape index (κ2) is 4.94. The largest absolute Gasteiger partial charge is 0.396 e. The molecule has 0 bridgehead atoms. The molecule has 0 unspecified atom stereocenters. The van der Waals surface area contributed by atoms with Crippen LogP contribution in [0.4, 0.5) is 17.2 Å². The summed E-state index contributed by atoms with van der Waals surface area (Å²) in [4.78, 5) is 4.09. The number of anilines is 3. The molecule has 1 heterocycles. The zero-order valence-electron chi connectivity index (χ0n) is 9.74. The van der Waals surface area contributed by atoms with Gasteiger partial charge in [-0.05, 0) is 30.7 Å². The molecule has 5 heteroatoms. The maximum atomic E-state index is 8.73. The summed E-state index contributed by atoms with van der Waals surface area (Å²) < 4.78 is 0. The Hall–Kier alpha value is -2.25. The highest BCUT2D eigenvalue weighted by Crippen LogP contribution is 2.27. The van der Waals surface area contributed by atoms with Crippen molar-refractivity contribution >= 4 is 28.8 Å². The Bertz CT molecular complexity index is 631. The maximum absolute atomic E-state index is 8.73. The molecule has 0 saturated carbocycles. The molecule has 3 N–H and O–H groups in total. The SMILES string of the molecule is Cc1ccc(Nc2ncc(C#N)cc2N)c(Cl)c1. The van der Waals surface area contributed by atoms with Gasteiger partial charge in [0.25, 0.3) is 0 Å². The molecule has 0 atom stereocenters. The molecular formula is C13H11ClN4. The lowest BCUT2D eigenvalue weighted by Crippen LogP contribution is -2.00. The Balaban J connectivity index is 2.32. The Morgan fingerprint density at radius 3 is 2.78 bits per heavy atom. The molecule has 18 heavy (non-hydrogen) atoms. The van der Waals surface area contributed by atoms with Crippen LogP contribution < -0.4 is 11.1 Å². The molecule has 0 aliphatic rings. The first-order valence-electron chi connectivity index (χ1n) is 5.29. The van der Waals surface area contributed by atoms with Crippen molar-refractivity contribution < 1.29 is 0 Å². The number of nitriles is 1. The predicted molar refractivity (Wildman–Crippen MR) is 72.8 cm³/mol. The minimum Gasteiger partial charge on any atom is -0.396 e. The van der Waals surface area contributed by atoms with E-state index in [-0.39, 0.29) is 0 Å². The quantitative estimate of drug-likeness (QED) is 0.867. The smallest absolute Gasteiger partial charge is 0.153 e. The zero-order valence-corrected chi connectivity index (χ0v) is 10.5. The van der Waals surface area contributed by atoms with Gasteiger partial charge in [-0.3, -0.25) is 0 Å². The van der Waals surface area contributed by atoms with Crippen molar-refractivity contribution in [1.82, 2.24) is 4.98 Å². The van der Waals surface area contributed by atoms with Crippen LogP contribution in [0.25, 0.3) is 0 Å². The number of benzene rings is 1. The zero-order chi connectivity index (χ0) is 13.1. The fourth-order valence-corrected chi connectivity index (χ4v) is 1.78. The number of nitrogens with one attached hydrogen (secondary N) is 1. The average molecular weight is 259 g/mol. The first-order valence-corrected chi connectivity index (χ1v) is 5.67. The van der Waals surface area contributed by atoms with Crippen molar-refractivity contribution in [2.24, 2.45) is 0 Å². The van der Waals surface area contributed by atoms with Crippen molar-refractivity contribution in [3.8, 4) is 6.07 Å². The lowest BCUT2D eigenvalue weighted by molar-refractivity contribution is 1.29. The third-order valence-corrected chi connectivity index (χ3v) is 2.74. The summed E-state index contributed by atoms with van der Waals surface area (Å²) in [5.41, 5.74) is 8.44. The van der Waals surface area contributed by atoms with Gasteiger partial charge in [0.15, 0.2) is 5.82 Å². The summed E-state index contributed by atoms with van der Waals surface area (Å²) in [6, 6.07) is 9.20. The van der Waals surface area contributed by atoms with E-state index < -0.39 is 0 Å². The molecule has 0 saturated heterocycles. The number of pyridine rings is 1. The fraction of sp³-hybridized carbons (Fsp3) is 0.0769. The van der Waals surface area contributed by atoms with Crippen LogP contribution >= 0.6 is 11.6 Å². The summed E-state index contributed by atoms with van der Waals surface area (Å²) in [7, 11) is 0. The van der Waals surface area contributed by atoms with Crippen molar-refractivity contribution in [2.75, 3.05) is 11.1 Å². The number of rotatable bonds is 2. The number of hydrogen-bond acceptors (Lipinski definition) is 4. The molecule has 4 nitrogen and oxygen atoms in total. The van der Waals surface area contributed by atoms with E-state index in [9.17, 15) is 0 Å². The molecule has 0 aliphatic heterocycles. The fourth-order valence-electron chi connectivity index (χ4n) is 1.50. The molecule has 0 radical (unpaired) electrons.